The number of hydrogen-bond acceptors (Lipinski definition) is 10. The molecular formula is C76H68Ir4N4O6-4. The molecule has 0 aliphatic heterocycles. The predicted molar refractivity (Wildman–Crippen MR) is 348 cm³/mol. The Morgan fingerprint density at radius 2 is 0.844 bits per heavy atom. The maximum Gasteiger partial charge on any atom is 0.155 e. The number of benzene rings is 7. The summed E-state index contributed by atoms with van der Waals surface area (Å²) in [5.74, 6) is -0.187. The van der Waals surface area contributed by atoms with Crippen molar-refractivity contribution in [3.63, 3.8) is 0 Å². The topological polar surface area (TPSA) is 163 Å². The second-order valence-electron chi connectivity index (χ2n) is 20.1. The van der Waals surface area contributed by atoms with Crippen molar-refractivity contribution in [1.82, 2.24) is 19.9 Å². The molecule has 1 aliphatic rings. The van der Waals surface area contributed by atoms with Gasteiger partial charge in [-0.25, -0.2) is 0 Å². The zero-order valence-corrected chi connectivity index (χ0v) is 60.4. The van der Waals surface area contributed by atoms with Crippen LogP contribution in [0, 0.1) is 24.3 Å². The van der Waals surface area contributed by atoms with Crippen molar-refractivity contribution >= 4 is 39.0 Å². The van der Waals surface area contributed by atoms with Gasteiger partial charge >= 0.3 is 0 Å². The van der Waals surface area contributed by atoms with Gasteiger partial charge in [0.2, 0.25) is 0 Å². The third-order valence-corrected chi connectivity index (χ3v) is 12.6. The van der Waals surface area contributed by atoms with E-state index in [0.29, 0.717) is 0 Å². The van der Waals surface area contributed by atoms with Gasteiger partial charge in [-0.15, -0.1) is 137 Å². The molecule has 0 spiro atoms. The Morgan fingerprint density at radius 3 is 1.30 bits per heavy atom. The molecule has 90 heavy (non-hydrogen) atoms. The van der Waals surface area contributed by atoms with Crippen LogP contribution < -0.4 is 0 Å². The van der Waals surface area contributed by atoms with E-state index >= 15 is 0 Å². The van der Waals surface area contributed by atoms with Gasteiger partial charge in [0, 0.05) is 117 Å². The van der Waals surface area contributed by atoms with Crippen LogP contribution in [0.3, 0.4) is 0 Å². The second-order valence-corrected chi connectivity index (χ2v) is 20.1. The largest absolute Gasteiger partial charge is 0.512 e. The number of carbonyl (C=O) groups is 3. The number of nitrogens with zero attached hydrogens (tertiary/aromatic N) is 4. The third kappa shape index (κ3) is 25.0. The first-order chi connectivity index (χ1) is 41.4. The van der Waals surface area contributed by atoms with Crippen molar-refractivity contribution in [3.05, 3.63) is 302 Å². The molecule has 7 aromatic carbocycles. The number of carbonyl (C=O) groups excluding carboxylic acids is 3. The minimum absolute atomic E-state index is 0. The van der Waals surface area contributed by atoms with Crippen LogP contribution >= 0.6 is 0 Å². The monoisotopic (exact) mass is 1900 g/mol. The van der Waals surface area contributed by atoms with Gasteiger partial charge in [0.05, 0.1) is 22.8 Å². The Labute approximate surface area is 582 Å². The second kappa shape index (κ2) is 40.5. The van der Waals surface area contributed by atoms with E-state index in [4.69, 9.17) is 15.3 Å². The molecule has 12 rings (SSSR count). The Bertz CT molecular complexity index is 3840. The van der Waals surface area contributed by atoms with Crippen LogP contribution in [0.25, 0.3) is 77.8 Å². The number of rotatable bonds is 7. The van der Waals surface area contributed by atoms with E-state index in [-0.39, 0.29) is 120 Å². The smallest absolute Gasteiger partial charge is 0.155 e. The number of pyridine rings is 4. The number of aliphatic hydroxyl groups excluding tert-OH is 3. The Balaban J connectivity index is 0.000000376. The Hall–Kier alpha value is -8.11. The number of allylic oxidation sites excluding steroid dienone is 6. The molecular weight excluding hydrogens is 1830 g/mol. The van der Waals surface area contributed by atoms with Gasteiger partial charge in [0.15, 0.2) is 17.3 Å². The Morgan fingerprint density at radius 1 is 0.400 bits per heavy atom. The van der Waals surface area contributed by atoms with Crippen LogP contribution in [0.2, 0.25) is 0 Å². The summed E-state index contributed by atoms with van der Waals surface area (Å²) >= 11 is 0. The fourth-order valence-electron chi connectivity index (χ4n) is 8.91. The van der Waals surface area contributed by atoms with Gasteiger partial charge in [-0.05, 0) is 116 Å². The standard InChI is InChI=1S/C24H18N.C15H10N.2C11H8N.3C5H8O2.4Ir/c1-24(2)21-10-6-5-9-19(21)20-12-11-17(15-22(20)24)23-18-8-4-3-7-16(18)13-14-25-23;1-2-6-12(7-3-1)15-11-10-13-8-4-5-9-14(13)16-15;2*1-2-6-10(7-3-1)11-8-4-5-9-12-11;3*1-4(6)3-5(2)7;;;;/h3-10,12-15H,1-2H3;1-6,8-11H;2*1-6,8-9H;3*3,6H,1-2H3;;;;/q4*-1;;;;;;;. The number of aromatic nitrogens is 4. The summed E-state index contributed by atoms with van der Waals surface area (Å²) in [5, 5.41) is 28.6. The molecule has 4 radical (unpaired) electrons. The molecule has 11 aromatic rings. The van der Waals surface area contributed by atoms with Crippen LogP contribution in [0.1, 0.15) is 66.5 Å². The SMILES string of the molecule is CC(=O)C=C(C)O.CC(=O)C=C(C)O.CC(=O)C=C(C)O.CC1(C)c2ccccc2-c2c[c-]c(-c3nccc4ccccc34)cc21.[Ir].[Ir].[Ir].[Ir].[c-]1ccccc1-c1ccc2ccccc2n1.[c-]1ccccc1-c1ccccn1.[c-]1ccccc1-c1ccccn1. The first kappa shape index (κ1) is 78.0. The molecule has 0 saturated carbocycles. The van der Waals surface area contributed by atoms with Gasteiger partial charge in [-0.3, -0.25) is 19.4 Å². The van der Waals surface area contributed by atoms with Gasteiger partial charge in [-0.1, -0.05) is 128 Å². The van der Waals surface area contributed by atoms with Crippen LogP contribution in [0.15, 0.2) is 266 Å². The van der Waals surface area contributed by atoms with Crippen LogP contribution in [-0.4, -0.2) is 52.6 Å². The fraction of sp³-hybridized carbons (Fsp3) is 0.118. The minimum atomic E-state index is -0.125. The number of fused-ring (bicyclic) bond motifs is 5. The average Bonchev–Trinajstić information content (AvgIpc) is 1.64. The van der Waals surface area contributed by atoms with E-state index in [9.17, 15) is 14.4 Å². The van der Waals surface area contributed by atoms with E-state index in [0.717, 1.165) is 50.5 Å². The summed E-state index contributed by atoms with van der Waals surface area (Å²) in [6.45, 7) is 13.2. The minimum Gasteiger partial charge on any atom is -0.512 e. The zero-order chi connectivity index (χ0) is 61.8. The number of para-hydroxylation sites is 1. The van der Waals surface area contributed by atoms with Crippen molar-refractivity contribution < 1.29 is 110 Å². The van der Waals surface area contributed by atoms with Crippen molar-refractivity contribution in [2.75, 3.05) is 0 Å². The van der Waals surface area contributed by atoms with E-state index in [1.165, 1.54) is 98.2 Å². The summed E-state index contributed by atoms with van der Waals surface area (Å²) in [4.78, 5) is 47.8. The molecule has 0 bridgehead atoms. The molecule has 0 fully saturated rings. The molecule has 3 N–H and O–H groups in total. The van der Waals surface area contributed by atoms with E-state index in [1.807, 2.05) is 140 Å². The maximum absolute atomic E-state index is 10.0. The van der Waals surface area contributed by atoms with Gasteiger partial charge in [-0.2, -0.15) is 0 Å². The molecule has 0 atom stereocenters. The fourth-order valence-corrected chi connectivity index (χ4v) is 8.91. The first-order valence-corrected chi connectivity index (χ1v) is 27.6. The molecule has 0 unspecified atom stereocenters. The van der Waals surface area contributed by atoms with Crippen molar-refractivity contribution in [3.8, 4) is 56.2 Å². The van der Waals surface area contributed by atoms with Crippen LogP contribution in [-0.2, 0) is 100 Å². The first-order valence-electron chi connectivity index (χ1n) is 27.6. The molecule has 0 amide bonds. The third-order valence-electron chi connectivity index (χ3n) is 12.6. The van der Waals surface area contributed by atoms with Crippen LogP contribution in [0.4, 0.5) is 0 Å². The quantitative estimate of drug-likeness (QED) is 0.0795. The van der Waals surface area contributed by atoms with E-state index < -0.39 is 0 Å². The number of aliphatic hydroxyl groups is 3. The molecule has 14 heteroatoms. The van der Waals surface area contributed by atoms with Crippen LogP contribution in [0.5, 0.6) is 0 Å². The van der Waals surface area contributed by atoms with Crippen molar-refractivity contribution in [1.29, 1.82) is 0 Å². The average molecular weight is 1900 g/mol. The normalized spacial score (nSPS) is 11.1. The number of ketones is 3. The van der Waals surface area contributed by atoms with Gasteiger partial charge < -0.3 is 30.3 Å². The van der Waals surface area contributed by atoms with Crippen molar-refractivity contribution in [2.45, 2.75) is 60.8 Å². The summed E-state index contributed by atoms with van der Waals surface area (Å²) in [7, 11) is 0. The molecule has 4 heterocycles. The summed E-state index contributed by atoms with van der Waals surface area (Å²) in [6.07, 6.45) is 8.96. The van der Waals surface area contributed by atoms with Crippen molar-refractivity contribution in [2.24, 2.45) is 0 Å². The summed E-state index contributed by atoms with van der Waals surface area (Å²) in [5.41, 5.74) is 14.5. The van der Waals surface area contributed by atoms with Gasteiger partial charge in [0.1, 0.15) is 0 Å². The van der Waals surface area contributed by atoms with Gasteiger partial charge in [0.25, 0.3) is 0 Å². The molecule has 1 aliphatic carbocycles. The van der Waals surface area contributed by atoms with E-state index in [2.05, 4.69) is 137 Å². The van der Waals surface area contributed by atoms with E-state index in [1.54, 1.807) is 12.4 Å². The maximum atomic E-state index is 10.0. The predicted octanol–water partition coefficient (Wildman–Crippen LogP) is 17.9. The molecule has 4 aromatic heterocycles. The summed E-state index contributed by atoms with van der Waals surface area (Å²) in [6, 6.07) is 84.1. The molecule has 0 saturated heterocycles. The summed E-state index contributed by atoms with van der Waals surface area (Å²) < 4.78 is 0. The number of hydrogen-bond donors (Lipinski definition) is 3. The Kier molecular flexibility index (Phi) is 35.1. The molecule has 468 valence electrons. The zero-order valence-electron chi connectivity index (χ0n) is 50.9. The molecule has 10 nitrogen and oxygen atoms in total.